The summed E-state index contributed by atoms with van der Waals surface area (Å²) in [6.45, 7) is 4.07. The summed E-state index contributed by atoms with van der Waals surface area (Å²) < 4.78 is 39.7. The fourth-order valence-corrected chi connectivity index (χ4v) is 5.92. The van der Waals surface area contributed by atoms with E-state index in [-0.39, 0.29) is 17.3 Å². The molecule has 0 spiro atoms. The van der Waals surface area contributed by atoms with E-state index in [1.54, 1.807) is 6.07 Å². The molecule has 0 saturated carbocycles. The van der Waals surface area contributed by atoms with Crippen molar-refractivity contribution in [2.45, 2.75) is 45.5 Å². The van der Waals surface area contributed by atoms with Gasteiger partial charge in [-0.3, -0.25) is 0 Å². The molecule has 188 valence electrons. The third kappa shape index (κ3) is 5.26. The molecule has 1 heterocycles. The van der Waals surface area contributed by atoms with E-state index in [1.807, 2.05) is 13.0 Å². The molecule has 1 fully saturated rings. The summed E-state index contributed by atoms with van der Waals surface area (Å²) in [5.74, 6) is 0.165. The van der Waals surface area contributed by atoms with E-state index in [2.05, 4.69) is 53.4 Å². The Morgan fingerprint density at radius 1 is 0.944 bits per heavy atom. The third-order valence-corrected chi connectivity index (χ3v) is 7.88. The van der Waals surface area contributed by atoms with Gasteiger partial charge in [0, 0.05) is 26.1 Å². The number of allylic oxidation sites excluding steroid dienone is 1. The fraction of sp³-hybridized carbons (Fsp3) is 0.355. The predicted molar refractivity (Wildman–Crippen MR) is 142 cm³/mol. The van der Waals surface area contributed by atoms with E-state index < -0.39 is 6.43 Å². The van der Waals surface area contributed by atoms with Gasteiger partial charge in [0.25, 0.3) is 0 Å². The number of hydrogen-bond donors (Lipinski definition) is 0. The van der Waals surface area contributed by atoms with Crippen molar-refractivity contribution < 1.29 is 13.2 Å². The summed E-state index contributed by atoms with van der Waals surface area (Å²) in [5, 5.41) is 0.153. The Hall–Kier alpha value is -2.56. The number of nitrogens with zero attached hydrogens (tertiary/aromatic N) is 1. The Morgan fingerprint density at radius 2 is 1.69 bits per heavy atom. The van der Waals surface area contributed by atoms with Crippen molar-refractivity contribution in [3.05, 3.63) is 105 Å². The highest BCUT2D eigenvalue weighted by molar-refractivity contribution is 6.30. The molecule has 1 nitrogen and oxygen atoms in total. The number of fused-ring (bicyclic) bond motifs is 1. The second-order valence-corrected chi connectivity index (χ2v) is 10.5. The maximum Gasteiger partial charge on any atom is 0.239 e. The van der Waals surface area contributed by atoms with Crippen LogP contribution in [-0.2, 0) is 12.8 Å². The zero-order valence-corrected chi connectivity index (χ0v) is 21.3. The van der Waals surface area contributed by atoms with Crippen molar-refractivity contribution in [1.82, 2.24) is 4.90 Å². The van der Waals surface area contributed by atoms with Gasteiger partial charge >= 0.3 is 0 Å². The normalized spacial score (nSPS) is 16.7. The number of alkyl halides is 2. The van der Waals surface area contributed by atoms with E-state index >= 15 is 0 Å². The first kappa shape index (κ1) is 25.1. The van der Waals surface area contributed by atoms with Crippen LogP contribution in [-0.4, -0.2) is 31.0 Å². The summed E-state index contributed by atoms with van der Waals surface area (Å²) in [7, 11) is 0. The Labute approximate surface area is 216 Å². The molecular weight excluding hydrogens is 479 g/mol. The molecule has 2 aliphatic rings. The summed E-state index contributed by atoms with van der Waals surface area (Å²) in [5.41, 5.74) is 8.76. The molecule has 3 aromatic carbocycles. The molecule has 5 heteroatoms. The highest BCUT2D eigenvalue weighted by Crippen LogP contribution is 2.41. The summed E-state index contributed by atoms with van der Waals surface area (Å²) in [6.07, 6.45) is 1.54. The summed E-state index contributed by atoms with van der Waals surface area (Å²) in [4.78, 5) is 2.11. The molecule has 0 bridgehead atoms. The summed E-state index contributed by atoms with van der Waals surface area (Å²) >= 11 is 6.08. The lowest BCUT2D eigenvalue weighted by Crippen LogP contribution is -2.48. The molecule has 0 N–H and O–H groups in total. The van der Waals surface area contributed by atoms with Crippen LogP contribution in [0.15, 0.2) is 60.7 Å². The fourth-order valence-electron chi connectivity index (χ4n) is 5.71. The second-order valence-electron chi connectivity index (χ2n) is 10.1. The topological polar surface area (TPSA) is 3.24 Å². The maximum absolute atomic E-state index is 14.8. The standard InChI is InChI=1S/C31H31ClF3N/c1-20-25(13-14-28(32)31(20)35)27-8-4-6-23-5-2-3-7-26(23)30(27)24-11-9-21(10-12-24)17-22-18-36(19-22)16-15-29(33)34/h2-3,5,7,9-14,22,29H,4,6,8,15-19H2,1H3. The van der Waals surface area contributed by atoms with Crippen LogP contribution in [0.5, 0.6) is 0 Å². The zero-order valence-electron chi connectivity index (χ0n) is 20.5. The van der Waals surface area contributed by atoms with Crippen molar-refractivity contribution in [1.29, 1.82) is 0 Å². The van der Waals surface area contributed by atoms with E-state index in [0.717, 1.165) is 55.5 Å². The highest BCUT2D eigenvalue weighted by atomic mass is 35.5. The molecule has 1 saturated heterocycles. The minimum atomic E-state index is -2.22. The van der Waals surface area contributed by atoms with Crippen molar-refractivity contribution >= 4 is 22.7 Å². The maximum atomic E-state index is 14.8. The third-order valence-electron chi connectivity index (χ3n) is 7.59. The molecule has 3 aromatic rings. The van der Waals surface area contributed by atoms with Gasteiger partial charge in [0.2, 0.25) is 6.43 Å². The van der Waals surface area contributed by atoms with Crippen molar-refractivity contribution in [2.24, 2.45) is 5.92 Å². The Morgan fingerprint density at radius 3 is 2.44 bits per heavy atom. The minimum absolute atomic E-state index is 0.0443. The van der Waals surface area contributed by atoms with Gasteiger partial charge in [-0.15, -0.1) is 0 Å². The first-order chi connectivity index (χ1) is 17.4. The molecule has 0 radical (unpaired) electrons. The highest BCUT2D eigenvalue weighted by Gasteiger charge is 2.27. The molecule has 0 aromatic heterocycles. The molecule has 1 aliphatic heterocycles. The molecule has 36 heavy (non-hydrogen) atoms. The van der Waals surface area contributed by atoms with Crippen LogP contribution in [0.4, 0.5) is 13.2 Å². The van der Waals surface area contributed by atoms with Gasteiger partial charge in [0.1, 0.15) is 5.82 Å². The van der Waals surface area contributed by atoms with Gasteiger partial charge in [0.05, 0.1) is 5.02 Å². The van der Waals surface area contributed by atoms with Gasteiger partial charge in [-0.2, -0.15) is 0 Å². The monoisotopic (exact) mass is 509 g/mol. The van der Waals surface area contributed by atoms with Crippen molar-refractivity contribution in [3.63, 3.8) is 0 Å². The Kier molecular flexibility index (Phi) is 7.55. The molecular formula is C31H31ClF3N. The molecule has 0 atom stereocenters. The van der Waals surface area contributed by atoms with Crippen LogP contribution in [0.25, 0.3) is 11.1 Å². The van der Waals surface area contributed by atoms with E-state index in [0.29, 0.717) is 18.0 Å². The van der Waals surface area contributed by atoms with Gasteiger partial charge in [-0.05, 0) is 89.1 Å². The average Bonchev–Trinajstić information content (AvgIpc) is 3.04. The number of hydrogen-bond acceptors (Lipinski definition) is 1. The number of rotatable bonds is 7. The first-order valence-corrected chi connectivity index (χ1v) is 13.1. The Balaban J connectivity index is 1.45. The van der Waals surface area contributed by atoms with E-state index in [1.165, 1.54) is 22.3 Å². The average molecular weight is 510 g/mol. The van der Waals surface area contributed by atoms with Crippen LogP contribution >= 0.6 is 11.6 Å². The van der Waals surface area contributed by atoms with Gasteiger partial charge in [-0.1, -0.05) is 66.2 Å². The predicted octanol–water partition coefficient (Wildman–Crippen LogP) is 8.21. The molecule has 5 rings (SSSR count). The SMILES string of the molecule is Cc1c(C2=C(c3ccc(CC4CN(CCC(F)F)C4)cc3)c3ccccc3CCC2)ccc(Cl)c1F. The molecule has 0 amide bonds. The molecule has 0 unspecified atom stereocenters. The van der Waals surface area contributed by atoms with Crippen LogP contribution in [0.1, 0.15) is 52.6 Å². The van der Waals surface area contributed by atoms with Gasteiger partial charge in [0.15, 0.2) is 0 Å². The lowest BCUT2D eigenvalue weighted by Gasteiger charge is -2.39. The smallest absolute Gasteiger partial charge is 0.239 e. The number of aryl methyl sites for hydroxylation is 1. The van der Waals surface area contributed by atoms with Crippen LogP contribution in [0.2, 0.25) is 5.02 Å². The minimum Gasteiger partial charge on any atom is -0.302 e. The van der Waals surface area contributed by atoms with Gasteiger partial charge in [-0.25, -0.2) is 13.2 Å². The summed E-state index contributed by atoms with van der Waals surface area (Å²) in [6, 6.07) is 20.9. The lowest BCUT2D eigenvalue weighted by molar-refractivity contribution is 0.0626. The largest absolute Gasteiger partial charge is 0.302 e. The van der Waals surface area contributed by atoms with Crippen LogP contribution in [0.3, 0.4) is 0 Å². The van der Waals surface area contributed by atoms with Crippen molar-refractivity contribution in [3.8, 4) is 0 Å². The molecule has 1 aliphatic carbocycles. The van der Waals surface area contributed by atoms with Crippen LogP contribution in [0, 0.1) is 18.7 Å². The second kappa shape index (κ2) is 10.8. The first-order valence-electron chi connectivity index (χ1n) is 12.8. The zero-order chi connectivity index (χ0) is 25.2. The number of halogens is 4. The van der Waals surface area contributed by atoms with Gasteiger partial charge < -0.3 is 4.90 Å². The van der Waals surface area contributed by atoms with E-state index in [9.17, 15) is 13.2 Å². The van der Waals surface area contributed by atoms with E-state index in [4.69, 9.17) is 11.6 Å². The quantitative estimate of drug-likeness (QED) is 0.310. The van der Waals surface area contributed by atoms with Crippen LogP contribution < -0.4 is 0 Å². The lowest BCUT2D eigenvalue weighted by atomic mass is 9.85. The number of benzene rings is 3. The Bertz CT molecular complexity index is 1260. The van der Waals surface area contributed by atoms with Crippen molar-refractivity contribution in [2.75, 3.05) is 19.6 Å². The number of likely N-dealkylation sites (tertiary alicyclic amines) is 1.